The molecular formula is C23H22F4N5O+. The molecule has 2 atom stereocenters. The number of fused-ring (bicyclic) bond motifs is 2. The summed E-state index contributed by atoms with van der Waals surface area (Å²) in [6.45, 7) is 4.03. The first kappa shape index (κ1) is 22.7. The second-order valence-corrected chi connectivity index (χ2v) is 8.79. The number of nitrogens with one attached hydrogen (secondary N) is 2. The summed E-state index contributed by atoms with van der Waals surface area (Å²) in [5, 5.41) is 9.55. The van der Waals surface area contributed by atoms with E-state index in [1.54, 1.807) is 12.3 Å². The van der Waals surface area contributed by atoms with Gasteiger partial charge in [-0.2, -0.15) is 18.4 Å². The molecule has 0 saturated carbocycles. The van der Waals surface area contributed by atoms with E-state index in [1.807, 2.05) is 13.8 Å². The van der Waals surface area contributed by atoms with Gasteiger partial charge in [0.25, 0.3) is 5.82 Å². The van der Waals surface area contributed by atoms with Crippen LogP contribution in [0.2, 0.25) is 0 Å². The van der Waals surface area contributed by atoms with Crippen molar-refractivity contribution in [2.45, 2.75) is 38.8 Å². The van der Waals surface area contributed by atoms with Crippen molar-refractivity contribution in [3.8, 4) is 11.8 Å². The summed E-state index contributed by atoms with van der Waals surface area (Å²) in [7, 11) is 0. The molecule has 0 fully saturated rings. The molecule has 0 radical (unpaired) electrons. The highest BCUT2D eigenvalue weighted by molar-refractivity contribution is 5.87. The standard InChI is InChI=1S/C23H21F4N5O/c1-22(2,11-28)6-5-13-10-33-18-7-14(24)3-4-15(18)17(13)9-29-20-16-8-19(23(25,26)27)32-21(16)31-12-30-20/h3-4,7-9,12-13,17H,5-6,10H2,1-2H3,(H,30,31,32)/p+1/b29-9-. The van der Waals surface area contributed by atoms with Gasteiger partial charge in [-0.15, -0.1) is 4.99 Å². The SMILES string of the molecule is CC(C)(C#N)CCC1COc2cc(F)ccc2C1/C=N\c1[nH+]cnc2[nH]c(C(F)(F)F)cc12. The summed E-state index contributed by atoms with van der Waals surface area (Å²) in [6.07, 6.45) is -0.340. The monoisotopic (exact) mass is 460 g/mol. The van der Waals surface area contributed by atoms with Crippen LogP contribution in [0, 0.1) is 28.5 Å². The van der Waals surface area contributed by atoms with Crippen molar-refractivity contribution in [1.29, 1.82) is 5.26 Å². The van der Waals surface area contributed by atoms with Crippen molar-refractivity contribution in [1.82, 2.24) is 9.97 Å². The maximum atomic E-state index is 13.7. The summed E-state index contributed by atoms with van der Waals surface area (Å²) < 4.78 is 58.9. The van der Waals surface area contributed by atoms with Crippen LogP contribution in [-0.4, -0.2) is 22.8 Å². The molecule has 3 heterocycles. The first-order valence-corrected chi connectivity index (χ1v) is 10.4. The van der Waals surface area contributed by atoms with Gasteiger partial charge in [-0.3, -0.25) is 0 Å². The number of hydrogen-bond donors (Lipinski definition) is 1. The second kappa shape index (κ2) is 8.46. The fourth-order valence-corrected chi connectivity index (χ4v) is 3.91. The number of benzene rings is 1. The molecule has 2 unspecified atom stereocenters. The lowest BCUT2D eigenvalue weighted by molar-refractivity contribution is -0.365. The van der Waals surface area contributed by atoms with E-state index in [-0.39, 0.29) is 28.7 Å². The summed E-state index contributed by atoms with van der Waals surface area (Å²) in [4.78, 5) is 13.5. The van der Waals surface area contributed by atoms with E-state index in [2.05, 4.69) is 26.0 Å². The molecule has 2 aromatic heterocycles. The molecule has 3 aromatic rings. The molecule has 1 aliphatic rings. The third-order valence-electron chi connectivity index (χ3n) is 5.85. The van der Waals surface area contributed by atoms with Crippen molar-refractivity contribution in [3.05, 3.63) is 47.7 Å². The average molecular weight is 460 g/mol. The number of nitriles is 1. The lowest BCUT2D eigenvalue weighted by Gasteiger charge is -2.32. The molecule has 4 rings (SSSR count). The van der Waals surface area contributed by atoms with E-state index >= 15 is 0 Å². The fraction of sp³-hybridized carbons (Fsp3) is 0.391. The van der Waals surface area contributed by atoms with Gasteiger partial charge < -0.3 is 9.72 Å². The number of aromatic amines is 2. The van der Waals surface area contributed by atoms with Gasteiger partial charge in [0.05, 0.1) is 24.3 Å². The normalized spacial score (nSPS) is 18.8. The Kier molecular flexibility index (Phi) is 5.82. The van der Waals surface area contributed by atoms with Crippen molar-refractivity contribution >= 4 is 23.1 Å². The molecule has 1 aliphatic heterocycles. The van der Waals surface area contributed by atoms with E-state index in [4.69, 9.17) is 4.74 Å². The molecule has 0 saturated heterocycles. The predicted molar refractivity (Wildman–Crippen MR) is 113 cm³/mol. The van der Waals surface area contributed by atoms with Gasteiger partial charge in [-0.05, 0) is 38.8 Å². The van der Waals surface area contributed by atoms with Gasteiger partial charge >= 0.3 is 6.18 Å². The maximum Gasteiger partial charge on any atom is 0.431 e. The first-order valence-electron chi connectivity index (χ1n) is 10.4. The molecule has 2 N–H and O–H groups in total. The molecular weight excluding hydrogens is 438 g/mol. The summed E-state index contributed by atoms with van der Waals surface area (Å²) in [5.41, 5.74) is -0.629. The van der Waals surface area contributed by atoms with Crippen molar-refractivity contribution in [2.75, 3.05) is 6.61 Å². The lowest BCUT2D eigenvalue weighted by atomic mass is 9.78. The quantitative estimate of drug-likeness (QED) is 0.411. The van der Waals surface area contributed by atoms with Gasteiger partial charge in [0.2, 0.25) is 12.0 Å². The van der Waals surface area contributed by atoms with E-state index in [1.165, 1.54) is 18.5 Å². The second-order valence-electron chi connectivity index (χ2n) is 8.79. The predicted octanol–water partition coefficient (Wildman–Crippen LogP) is 5.36. The highest BCUT2D eigenvalue weighted by atomic mass is 19.4. The van der Waals surface area contributed by atoms with Crippen molar-refractivity contribution in [2.24, 2.45) is 16.3 Å². The molecule has 0 bridgehead atoms. The molecule has 33 heavy (non-hydrogen) atoms. The topological polar surface area (TPSA) is 88.2 Å². The van der Waals surface area contributed by atoms with Crippen LogP contribution in [0.15, 0.2) is 35.6 Å². The highest BCUT2D eigenvalue weighted by Gasteiger charge is 2.35. The smallest absolute Gasteiger partial charge is 0.431 e. The Bertz CT molecular complexity index is 1240. The van der Waals surface area contributed by atoms with E-state index in [0.29, 0.717) is 25.2 Å². The van der Waals surface area contributed by atoms with E-state index < -0.39 is 23.1 Å². The number of nitrogens with zero attached hydrogens (tertiary/aromatic N) is 3. The summed E-state index contributed by atoms with van der Waals surface area (Å²) in [6, 6.07) is 7.53. The van der Waals surface area contributed by atoms with Gasteiger partial charge in [-0.1, -0.05) is 11.1 Å². The third-order valence-corrected chi connectivity index (χ3v) is 5.85. The zero-order valence-corrected chi connectivity index (χ0v) is 18.0. The van der Waals surface area contributed by atoms with Crippen LogP contribution in [-0.2, 0) is 6.18 Å². The number of aromatic nitrogens is 3. The van der Waals surface area contributed by atoms with Gasteiger partial charge in [0, 0.05) is 23.5 Å². The minimum Gasteiger partial charge on any atom is -0.493 e. The number of H-pyrrole nitrogens is 2. The Morgan fingerprint density at radius 2 is 2.12 bits per heavy atom. The lowest BCUT2D eigenvalue weighted by Crippen LogP contribution is -2.28. The largest absolute Gasteiger partial charge is 0.493 e. The fourth-order valence-electron chi connectivity index (χ4n) is 3.91. The third kappa shape index (κ3) is 4.82. The van der Waals surface area contributed by atoms with Crippen LogP contribution in [0.4, 0.5) is 23.4 Å². The van der Waals surface area contributed by atoms with Crippen LogP contribution in [0.3, 0.4) is 0 Å². The van der Waals surface area contributed by atoms with Crippen LogP contribution in [0.25, 0.3) is 11.0 Å². The Balaban J connectivity index is 1.70. The minimum absolute atomic E-state index is 0.0476. The Morgan fingerprint density at radius 3 is 2.85 bits per heavy atom. The van der Waals surface area contributed by atoms with Gasteiger partial charge in [0.15, 0.2) is 0 Å². The molecule has 172 valence electrons. The summed E-state index contributed by atoms with van der Waals surface area (Å²) >= 11 is 0. The first-order chi connectivity index (χ1) is 15.6. The Labute approximate surface area is 187 Å². The summed E-state index contributed by atoms with van der Waals surface area (Å²) in [5.74, 6) is -0.120. The number of rotatable bonds is 5. The molecule has 0 aliphatic carbocycles. The zero-order valence-electron chi connectivity index (χ0n) is 18.0. The number of halogens is 4. The zero-order chi connectivity index (χ0) is 23.8. The minimum atomic E-state index is -4.54. The molecule has 6 nitrogen and oxygen atoms in total. The van der Waals surface area contributed by atoms with E-state index in [0.717, 1.165) is 11.6 Å². The Hall–Kier alpha value is -3.48. The van der Waals surface area contributed by atoms with Crippen LogP contribution >= 0.6 is 0 Å². The van der Waals surface area contributed by atoms with E-state index in [9.17, 15) is 22.8 Å². The maximum absolute atomic E-state index is 13.7. The number of ether oxygens (including phenoxy) is 1. The average Bonchev–Trinajstić information content (AvgIpc) is 3.22. The van der Waals surface area contributed by atoms with Crippen LogP contribution < -0.4 is 9.72 Å². The number of aliphatic imine (C=N–C) groups is 1. The highest BCUT2D eigenvalue weighted by Crippen LogP contribution is 2.40. The molecule has 0 spiro atoms. The van der Waals surface area contributed by atoms with Crippen LogP contribution in [0.5, 0.6) is 5.75 Å². The van der Waals surface area contributed by atoms with Crippen molar-refractivity contribution < 1.29 is 27.3 Å². The molecule has 1 aromatic carbocycles. The van der Waals surface area contributed by atoms with Crippen LogP contribution in [0.1, 0.15) is 43.9 Å². The molecule has 0 amide bonds. The number of alkyl halides is 3. The van der Waals surface area contributed by atoms with Crippen molar-refractivity contribution in [3.63, 3.8) is 0 Å². The molecule has 10 heteroatoms. The van der Waals surface area contributed by atoms with Gasteiger partial charge in [-0.25, -0.2) is 9.37 Å². The number of hydrogen-bond acceptors (Lipinski definition) is 4. The van der Waals surface area contributed by atoms with Gasteiger partial charge in [0.1, 0.15) is 22.6 Å². The Morgan fingerprint density at radius 1 is 1.33 bits per heavy atom.